The first-order chi connectivity index (χ1) is 7.41. The molecule has 0 spiro atoms. The van der Waals surface area contributed by atoms with Crippen molar-refractivity contribution in [1.29, 1.82) is 0 Å². The van der Waals surface area contributed by atoms with Crippen LogP contribution in [0, 0.1) is 6.92 Å². The lowest BCUT2D eigenvalue weighted by Crippen LogP contribution is -2.36. The van der Waals surface area contributed by atoms with Gasteiger partial charge in [-0.15, -0.1) is 11.3 Å². The van der Waals surface area contributed by atoms with Gasteiger partial charge < -0.3 is 10.0 Å². The van der Waals surface area contributed by atoms with Crippen LogP contribution < -0.4 is 0 Å². The van der Waals surface area contributed by atoms with E-state index in [9.17, 15) is 9.59 Å². The third-order valence-corrected chi connectivity index (χ3v) is 3.39. The van der Waals surface area contributed by atoms with E-state index in [2.05, 4.69) is 0 Å². The summed E-state index contributed by atoms with van der Waals surface area (Å²) in [5, 5.41) is 8.65. The van der Waals surface area contributed by atoms with Crippen LogP contribution in [0.15, 0.2) is 12.1 Å². The topological polar surface area (TPSA) is 57.6 Å². The maximum Gasteiger partial charge on any atom is 0.305 e. The van der Waals surface area contributed by atoms with Gasteiger partial charge in [0.2, 0.25) is 0 Å². The summed E-state index contributed by atoms with van der Waals surface area (Å²) in [4.78, 5) is 25.7. The minimum atomic E-state index is -0.894. The molecule has 1 heterocycles. The summed E-state index contributed by atoms with van der Waals surface area (Å²) in [5.41, 5.74) is 0. The van der Waals surface area contributed by atoms with E-state index in [-0.39, 0.29) is 18.4 Å². The van der Waals surface area contributed by atoms with Crippen molar-refractivity contribution in [3.8, 4) is 0 Å². The molecular weight excluding hydrogens is 226 g/mol. The minimum Gasteiger partial charge on any atom is -0.481 e. The molecule has 88 valence electrons. The van der Waals surface area contributed by atoms with E-state index in [1.165, 1.54) is 16.2 Å². The third kappa shape index (κ3) is 3.06. The molecule has 1 N–H and O–H groups in total. The summed E-state index contributed by atoms with van der Waals surface area (Å²) in [6.45, 7) is 3.66. The highest BCUT2D eigenvalue weighted by molar-refractivity contribution is 7.13. The first-order valence-electron chi connectivity index (χ1n) is 4.97. The Labute approximate surface area is 98.5 Å². The van der Waals surface area contributed by atoms with E-state index in [0.717, 1.165) is 4.88 Å². The van der Waals surface area contributed by atoms with E-state index in [0.29, 0.717) is 4.88 Å². The van der Waals surface area contributed by atoms with Crippen LogP contribution in [0.25, 0.3) is 0 Å². The highest BCUT2D eigenvalue weighted by atomic mass is 32.1. The van der Waals surface area contributed by atoms with Crippen molar-refractivity contribution in [3.05, 3.63) is 21.9 Å². The van der Waals surface area contributed by atoms with E-state index in [1.807, 2.05) is 13.0 Å². The van der Waals surface area contributed by atoms with E-state index < -0.39 is 5.97 Å². The van der Waals surface area contributed by atoms with Crippen molar-refractivity contribution in [3.63, 3.8) is 0 Å². The summed E-state index contributed by atoms with van der Waals surface area (Å²) in [5.74, 6) is -1.01. The quantitative estimate of drug-likeness (QED) is 0.877. The van der Waals surface area contributed by atoms with E-state index in [1.54, 1.807) is 20.0 Å². The monoisotopic (exact) mass is 241 g/mol. The first kappa shape index (κ1) is 12.7. The van der Waals surface area contributed by atoms with Crippen molar-refractivity contribution in [1.82, 2.24) is 4.90 Å². The van der Waals surface area contributed by atoms with Crippen LogP contribution >= 0.6 is 11.3 Å². The molecule has 1 atom stereocenters. The Morgan fingerprint density at radius 2 is 2.12 bits per heavy atom. The summed E-state index contributed by atoms with van der Waals surface area (Å²) >= 11 is 1.42. The Morgan fingerprint density at radius 3 is 2.56 bits per heavy atom. The van der Waals surface area contributed by atoms with Crippen LogP contribution in [0.5, 0.6) is 0 Å². The van der Waals surface area contributed by atoms with Gasteiger partial charge in [-0.05, 0) is 26.0 Å². The van der Waals surface area contributed by atoms with Crippen molar-refractivity contribution < 1.29 is 14.7 Å². The van der Waals surface area contributed by atoms with Crippen LogP contribution in [0.4, 0.5) is 0 Å². The van der Waals surface area contributed by atoms with Crippen molar-refractivity contribution >= 4 is 23.2 Å². The molecule has 0 aliphatic heterocycles. The molecule has 0 saturated heterocycles. The molecule has 1 aromatic rings. The molecule has 5 heteroatoms. The smallest absolute Gasteiger partial charge is 0.305 e. The second-order valence-electron chi connectivity index (χ2n) is 3.77. The fourth-order valence-corrected chi connectivity index (χ4v) is 2.16. The number of carboxylic acid groups (broad SMARTS) is 1. The van der Waals surface area contributed by atoms with Gasteiger partial charge >= 0.3 is 5.97 Å². The second kappa shape index (κ2) is 5.12. The average molecular weight is 241 g/mol. The number of thiophene rings is 1. The maximum atomic E-state index is 11.9. The lowest BCUT2D eigenvalue weighted by atomic mass is 10.2. The third-order valence-electron chi connectivity index (χ3n) is 2.40. The van der Waals surface area contributed by atoms with Gasteiger partial charge in [0.25, 0.3) is 5.91 Å². The van der Waals surface area contributed by atoms with Crippen LogP contribution in [0.2, 0.25) is 0 Å². The molecule has 0 aliphatic rings. The Morgan fingerprint density at radius 1 is 1.50 bits per heavy atom. The summed E-state index contributed by atoms with van der Waals surface area (Å²) in [7, 11) is 1.63. The molecule has 0 fully saturated rings. The van der Waals surface area contributed by atoms with Crippen LogP contribution in [0.3, 0.4) is 0 Å². The number of hydrogen-bond acceptors (Lipinski definition) is 3. The Bertz CT molecular complexity index is 400. The van der Waals surface area contributed by atoms with Gasteiger partial charge in [-0.3, -0.25) is 9.59 Å². The van der Waals surface area contributed by atoms with Crippen LogP contribution in [-0.4, -0.2) is 35.0 Å². The molecule has 1 unspecified atom stereocenters. The second-order valence-corrected chi connectivity index (χ2v) is 5.06. The number of aryl methyl sites for hydroxylation is 1. The number of carbonyl (C=O) groups is 2. The predicted molar refractivity (Wildman–Crippen MR) is 62.9 cm³/mol. The molecule has 0 aliphatic carbocycles. The normalized spacial score (nSPS) is 12.2. The Kier molecular flexibility index (Phi) is 4.06. The Hall–Kier alpha value is -1.36. The molecule has 0 bridgehead atoms. The highest BCUT2D eigenvalue weighted by Gasteiger charge is 2.20. The number of carbonyl (C=O) groups excluding carboxylic acids is 1. The first-order valence-corrected chi connectivity index (χ1v) is 5.79. The molecule has 0 radical (unpaired) electrons. The summed E-state index contributed by atoms with van der Waals surface area (Å²) in [6.07, 6.45) is -0.0351. The molecule has 1 rings (SSSR count). The highest BCUT2D eigenvalue weighted by Crippen LogP contribution is 2.18. The molecule has 1 aromatic heterocycles. The minimum absolute atomic E-state index is 0.0351. The fourth-order valence-electron chi connectivity index (χ4n) is 1.31. The number of amides is 1. The van der Waals surface area contributed by atoms with Gasteiger partial charge in [-0.1, -0.05) is 0 Å². The van der Waals surface area contributed by atoms with Crippen molar-refractivity contribution in [2.45, 2.75) is 26.3 Å². The Balaban J connectivity index is 2.70. The van der Waals surface area contributed by atoms with Crippen molar-refractivity contribution in [2.75, 3.05) is 7.05 Å². The number of hydrogen-bond donors (Lipinski definition) is 1. The zero-order chi connectivity index (χ0) is 12.3. The van der Waals surface area contributed by atoms with Gasteiger partial charge in [-0.25, -0.2) is 0 Å². The molecule has 16 heavy (non-hydrogen) atoms. The van der Waals surface area contributed by atoms with Crippen LogP contribution in [0.1, 0.15) is 27.9 Å². The molecule has 1 amide bonds. The fraction of sp³-hybridized carbons (Fsp3) is 0.455. The summed E-state index contributed by atoms with van der Waals surface area (Å²) in [6, 6.07) is 3.35. The largest absolute Gasteiger partial charge is 0.481 e. The van der Waals surface area contributed by atoms with Gasteiger partial charge in [-0.2, -0.15) is 0 Å². The van der Waals surface area contributed by atoms with E-state index in [4.69, 9.17) is 5.11 Å². The molecule has 0 aromatic carbocycles. The number of carboxylic acids is 1. The average Bonchev–Trinajstić information content (AvgIpc) is 2.61. The van der Waals surface area contributed by atoms with Gasteiger partial charge in [0.15, 0.2) is 0 Å². The van der Waals surface area contributed by atoms with E-state index >= 15 is 0 Å². The lowest BCUT2D eigenvalue weighted by molar-refractivity contribution is -0.137. The van der Waals surface area contributed by atoms with Gasteiger partial charge in [0, 0.05) is 18.0 Å². The lowest BCUT2D eigenvalue weighted by Gasteiger charge is -2.22. The number of rotatable bonds is 4. The molecular formula is C11H15NO3S. The SMILES string of the molecule is Cc1ccc(C(=O)N(C)C(C)CC(=O)O)s1. The van der Waals surface area contributed by atoms with Gasteiger partial charge in [0.05, 0.1) is 11.3 Å². The number of aliphatic carboxylic acids is 1. The zero-order valence-corrected chi connectivity index (χ0v) is 10.4. The standard InChI is InChI=1S/C11H15NO3S/c1-7(6-10(13)14)12(3)11(15)9-5-4-8(2)16-9/h4-5,7H,6H2,1-3H3,(H,13,14). The van der Waals surface area contributed by atoms with Crippen molar-refractivity contribution in [2.24, 2.45) is 0 Å². The van der Waals surface area contributed by atoms with Crippen LogP contribution in [-0.2, 0) is 4.79 Å². The predicted octanol–water partition coefficient (Wildman–Crippen LogP) is 1.99. The molecule has 4 nitrogen and oxygen atoms in total. The number of nitrogens with zero attached hydrogens (tertiary/aromatic N) is 1. The molecule has 0 saturated carbocycles. The van der Waals surface area contributed by atoms with Gasteiger partial charge in [0.1, 0.15) is 0 Å². The summed E-state index contributed by atoms with van der Waals surface area (Å²) < 4.78 is 0. The zero-order valence-electron chi connectivity index (χ0n) is 9.56. The maximum absolute atomic E-state index is 11.9.